The van der Waals surface area contributed by atoms with Crippen molar-refractivity contribution in [2.75, 3.05) is 0 Å². The predicted octanol–water partition coefficient (Wildman–Crippen LogP) is 3.20. The molecule has 0 radical (unpaired) electrons. The second-order valence-electron chi connectivity index (χ2n) is 3.79. The molecule has 1 aromatic carbocycles. The topological polar surface area (TPSA) is 50.2 Å². The summed E-state index contributed by atoms with van der Waals surface area (Å²) in [6.07, 6.45) is 0. The summed E-state index contributed by atoms with van der Waals surface area (Å²) in [6, 6.07) is 5.46. The van der Waals surface area contributed by atoms with Gasteiger partial charge in [0.25, 0.3) is 0 Å². The third-order valence-corrected chi connectivity index (χ3v) is 2.72. The molecule has 0 spiro atoms. The number of halogens is 1. The van der Waals surface area contributed by atoms with Crippen LogP contribution in [0, 0.1) is 13.8 Å². The molecule has 4 heteroatoms. The Morgan fingerprint density at radius 1 is 1.31 bits per heavy atom. The van der Waals surface area contributed by atoms with E-state index in [9.17, 15) is 4.79 Å². The smallest absolute Gasteiger partial charge is 0.338 e. The second kappa shape index (κ2) is 3.76. The highest BCUT2D eigenvalue weighted by molar-refractivity contribution is 6.32. The Morgan fingerprint density at radius 2 is 2.00 bits per heavy atom. The third-order valence-electron chi connectivity index (χ3n) is 2.44. The maximum Gasteiger partial charge on any atom is 0.338 e. The molecule has 2 aromatic rings. The molecule has 2 rings (SSSR count). The predicted molar refractivity (Wildman–Crippen MR) is 63.2 cm³/mol. The van der Waals surface area contributed by atoms with Gasteiger partial charge in [-0.15, -0.1) is 0 Å². The van der Waals surface area contributed by atoms with Crippen LogP contribution in [0.1, 0.15) is 21.5 Å². The summed E-state index contributed by atoms with van der Waals surface area (Å²) in [5.74, 6) is -1.06. The van der Waals surface area contributed by atoms with Crippen LogP contribution in [0.4, 0.5) is 0 Å². The van der Waals surface area contributed by atoms with E-state index in [0.29, 0.717) is 0 Å². The van der Waals surface area contributed by atoms with Gasteiger partial charge in [0.05, 0.1) is 11.1 Å². The minimum atomic E-state index is -1.06. The fourth-order valence-corrected chi connectivity index (χ4v) is 2.00. The van der Waals surface area contributed by atoms with Crippen LogP contribution in [0.15, 0.2) is 18.2 Å². The third kappa shape index (κ3) is 1.74. The van der Waals surface area contributed by atoms with E-state index in [0.717, 1.165) is 22.0 Å². The molecule has 0 bridgehead atoms. The molecule has 0 unspecified atom stereocenters. The largest absolute Gasteiger partial charge is 0.478 e. The number of hydrogen-bond acceptors (Lipinski definition) is 2. The van der Waals surface area contributed by atoms with Crippen LogP contribution < -0.4 is 0 Å². The Kier molecular flexibility index (Phi) is 2.56. The van der Waals surface area contributed by atoms with E-state index in [-0.39, 0.29) is 10.7 Å². The first-order chi connectivity index (χ1) is 7.49. The Hall–Kier alpha value is -1.61. The molecule has 0 aliphatic heterocycles. The molecule has 0 amide bonds. The molecule has 0 aliphatic rings. The molecule has 82 valence electrons. The van der Waals surface area contributed by atoms with E-state index in [1.807, 2.05) is 26.0 Å². The fourth-order valence-electron chi connectivity index (χ4n) is 1.78. The van der Waals surface area contributed by atoms with Crippen molar-refractivity contribution in [3.8, 4) is 0 Å². The molecule has 3 nitrogen and oxygen atoms in total. The number of rotatable bonds is 1. The molecule has 1 N–H and O–H groups in total. The molecule has 1 aromatic heterocycles. The highest BCUT2D eigenvalue weighted by atomic mass is 35.5. The molecular formula is C12H10ClNO2. The number of nitrogens with zero attached hydrogens (tertiary/aromatic N) is 1. The van der Waals surface area contributed by atoms with Crippen molar-refractivity contribution in [3.63, 3.8) is 0 Å². The molecule has 0 atom stereocenters. The van der Waals surface area contributed by atoms with E-state index in [2.05, 4.69) is 4.98 Å². The summed E-state index contributed by atoms with van der Waals surface area (Å²) in [5, 5.41) is 9.78. The zero-order valence-corrected chi connectivity index (χ0v) is 9.67. The van der Waals surface area contributed by atoms with Gasteiger partial charge >= 0.3 is 5.97 Å². The van der Waals surface area contributed by atoms with Crippen LogP contribution >= 0.6 is 11.6 Å². The number of pyridine rings is 1. The number of aromatic carboxylic acids is 1. The maximum absolute atomic E-state index is 10.9. The number of fused-ring (bicyclic) bond motifs is 1. The van der Waals surface area contributed by atoms with E-state index < -0.39 is 5.97 Å². The summed E-state index contributed by atoms with van der Waals surface area (Å²) in [7, 11) is 0. The van der Waals surface area contributed by atoms with Crippen molar-refractivity contribution >= 4 is 28.5 Å². The SMILES string of the molecule is Cc1cc(C)c2nc(Cl)c(C(=O)O)cc2c1. The van der Waals surface area contributed by atoms with Gasteiger partial charge in [-0.05, 0) is 31.5 Å². The summed E-state index contributed by atoms with van der Waals surface area (Å²) in [5.41, 5.74) is 2.86. The Morgan fingerprint density at radius 3 is 2.62 bits per heavy atom. The number of hydrogen-bond donors (Lipinski definition) is 1. The van der Waals surface area contributed by atoms with E-state index in [4.69, 9.17) is 16.7 Å². The van der Waals surface area contributed by atoms with Crippen molar-refractivity contribution in [2.45, 2.75) is 13.8 Å². The number of benzene rings is 1. The second-order valence-corrected chi connectivity index (χ2v) is 4.14. The molecule has 0 fully saturated rings. The zero-order chi connectivity index (χ0) is 11.9. The van der Waals surface area contributed by atoms with Crippen molar-refractivity contribution in [1.29, 1.82) is 0 Å². The monoisotopic (exact) mass is 235 g/mol. The lowest BCUT2D eigenvalue weighted by Crippen LogP contribution is -2.00. The van der Waals surface area contributed by atoms with Gasteiger partial charge < -0.3 is 5.11 Å². The first kappa shape index (κ1) is 10.9. The maximum atomic E-state index is 10.9. The highest BCUT2D eigenvalue weighted by Gasteiger charge is 2.12. The normalized spacial score (nSPS) is 10.7. The average Bonchev–Trinajstić information content (AvgIpc) is 2.18. The Labute approximate surface area is 97.7 Å². The van der Waals surface area contributed by atoms with Crippen LogP contribution in [0.25, 0.3) is 10.9 Å². The van der Waals surface area contributed by atoms with Gasteiger partial charge in [0.1, 0.15) is 5.15 Å². The van der Waals surface area contributed by atoms with Gasteiger partial charge in [0.2, 0.25) is 0 Å². The molecule has 0 saturated carbocycles. The molecule has 1 heterocycles. The van der Waals surface area contributed by atoms with Gasteiger partial charge in [-0.3, -0.25) is 0 Å². The Balaban J connectivity index is 2.84. The average molecular weight is 236 g/mol. The van der Waals surface area contributed by atoms with Crippen LogP contribution in [-0.2, 0) is 0 Å². The molecule has 16 heavy (non-hydrogen) atoms. The lowest BCUT2D eigenvalue weighted by molar-refractivity contribution is 0.0697. The summed E-state index contributed by atoms with van der Waals surface area (Å²) in [6.45, 7) is 3.89. The van der Waals surface area contributed by atoms with Crippen LogP contribution in [-0.4, -0.2) is 16.1 Å². The van der Waals surface area contributed by atoms with Crippen LogP contribution in [0.3, 0.4) is 0 Å². The number of aryl methyl sites for hydroxylation is 2. The molecule has 0 aliphatic carbocycles. The molecule has 0 saturated heterocycles. The summed E-state index contributed by atoms with van der Waals surface area (Å²) < 4.78 is 0. The zero-order valence-electron chi connectivity index (χ0n) is 8.91. The number of carboxylic acids is 1. The first-order valence-corrected chi connectivity index (χ1v) is 5.17. The van der Waals surface area contributed by atoms with Gasteiger partial charge in [-0.2, -0.15) is 0 Å². The van der Waals surface area contributed by atoms with Crippen LogP contribution in [0.2, 0.25) is 5.15 Å². The Bertz CT molecular complexity index is 593. The summed E-state index contributed by atoms with van der Waals surface area (Å²) in [4.78, 5) is 15.0. The van der Waals surface area contributed by atoms with Gasteiger partial charge in [0.15, 0.2) is 0 Å². The fraction of sp³-hybridized carbons (Fsp3) is 0.167. The highest BCUT2D eigenvalue weighted by Crippen LogP contribution is 2.24. The molecular weight excluding hydrogens is 226 g/mol. The van der Waals surface area contributed by atoms with E-state index >= 15 is 0 Å². The minimum absolute atomic E-state index is 0.0342. The minimum Gasteiger partial charge on any atom is -0.478 e. The number of carbonyl (C=O) groups is 1. The van der Waals surface area contributed by atoms with Gasteiger partial charge in [0, 0.05) is 5.39 Å². The van der Waals surface area contributed by atoms with Gasteiger partial charge in [-0.1, -0.05) is 23.2 Å². The van der Waals surface area contributed by atoms with E-state index in [1.54, 1.807) is 6.07 Å². The van der Waals surface area contributed by atoms with Crippen molar-refractivity contribution < 1.29 is 9.90 Å². The number of aromatic nitrogens is 1. The van der Waals surface area contributed by atoms with Crippen molar-refractivity contribution in [2.24, 2.45) is 0 Å². The van der Waals surface area contributed by atoms with E-state index in [1.165, 1.54) is 0 Å². The standard InChI is InChI=1S/C12H10ClNO2/c1-6-3-7(2)10-8(4-6)5-9(12(15)16)11(13)14-10/h3-5H,1-2H3,(H,15,16). The van der Waals surface area contributed by atoms with Crippen molar-refractivity contribution in [3.05, 3.63) is 40.0 Å². The van der Waals surface area contributed by atoms with Crippen molar-refractivity contribution in [1.82, 2.24) is 4.98 Å². The van der Waals surface area contributed by atoms with Gasteiger partial charge in [-0.25, -0.2) is 9.78 Å². The summed E-state index contributed by atoms with van der Waals surface area (Å²) >= 11 is 5.82. The lowest BCUT2D eigenvalue weighted by Gasteiger charge is -2.06. The first-order valence-electron chi connectivity index (χ1n) is 4.80. The quantitative estimate of drug-likeness (QED) is 0.773. The van der Waals surface area contributed by atoms with Crippen LogP contribution in [0.5, 0.6) is 0 Å². The number of carboxylic acid groups (broad SMARTS) is 1. The lowest BCUT2D eigenvalue weighted by atomic mass is 10.1.